The molecule has 0 atom stereocenters. The number of carbonyl (C=O) groups excluding carboxylic acids is 2. The number of hydrogen-bond acceptors (Lipinski definition) is 6. The number of thiazole rings is 1. The van der Waals surface area contributed by atoms with Crippen LogP contribution in [-0.4, -0.2) is 23.9 Å². The van der Waals surface area contributed by atoms with E-state index in [-0.39, 0.29) is 5.76 Å². The van der Waals surface area contributed by atoms with Crippen molar-refractivity contribution in [2.45, 2.75) is 6.92 Å². The third-order valence-electron chi connectivity index (χ3n) is 3.37. The first kappa shape index (κ1) is 16.7. The number of benzene rings is 1. The van der Waals surface area contributed by atoms with E-state index < -0.39 is 11.8 Å². The van der Waals surface area contributed by atoms with Gasteiger partial charge in [0, 0.05) is 5.56 Å². The van der Waals surface area contributed by atoms with Gasteiger partial charge in [-0.1, -0.05) is 0 Å². The van der Waals surface area contributed by atoms with Gasteiger partial charge in [0.2, 0.25) is 0 Å². The second-order valence-corrected chi connectivity index (χ2v) is 6.05. The standard InChI is InChI=1S/C17H15N3O4S/c1-10-14(16(22)20-19-15(21)13-4-3-9-24-13)25-17(18-10)11-5-7-12(23-2)8-6-11/h3-9H,1-2H3,(H,19,21)(H,20,22). The lowest BCUT2D eigenvalue weighted by molar-refractivity contribution is 0.0832. The predicted molar refractivity (Wildman–Crippen MR) is 92.5 cm³/mol. The van der Waals surface area contributed by atoms with Crippen LogP contribution in [0.1, 0.15) is 25.9 Å². The zero-order valence-electron chi connectivity index (χ0n) is 13.5. The number of ether oxygens (including phenoxy) is 1. The lowest BCUT2D eigenvalue weighted by atomic mass is 10.2. The van der Waals surface area contributed by atoms with Gasteiger partial charge >= 0.3 is 5.91 Å². The largest absolute Gasteiger partial charge is 0.497 e. The molecule has 0 saturated carbocycles. The van der Waals surface area contributed by atoms with Crippen molar-refractivity contribution in [2.75, 3.05) is 7.11 Å². The number of hydrazine groups is 1. The normalized spacial score (nSPS) is 10.3. The molecular formula is C17H15N3O4S. The first-order valence-corrected chi connectivity index (χ1v) is 8.16. The summed E-state index contributed by atoms with van der Waals surface area (Å²) < 4.78 is 10.1. The molecule has 25 heavy (non-hydrogen) atoms. The highest BCUT2D eigenvalue weighted by Crippen LogP contribution is 2.29. The molecular weight excluding hydrogens is 342 g/mol. The molecule has 2 N–H and O–H groups in total. The Kier molecular flexibility index (Phi) is 4.80. The van der Waals surface area contributed by atoms with Crippen LogP contribution in [0.2, 0.25) is 0 Å². The minimum absolute atomic E-state index is 0.111. The van der Waals surface area contributed by atoms with E-state index in [1.165, 1.54) is 23.7 Å². The molecule has 0 saturated heterocycles. The summed E-state index contributed by atoms with van der Waals surface area (Å²) in [6.07, 6.45) is 1.38. The molecule has 0 aliphatic carbocycles. The van der Waals surface area contributed by atoms with Gasteiger partial charge in [0.25, 0.3) is 5.91 Å². The monoisotopic (exact) mass is 357 g/mol. The van der Waals surface area contributed by atoms with Crippen LogP contribution >= 0.6 is 11.3 Å². The molecule has 0 radical (unpaired) electrons. The number of nitrogens with one attached hydrogen (secondary N) is 2. The lowest BCUT2D eigenvalue weighted by Crippen LogP contribution is -2.41. The minimum atomic E-state index is -0.532. The molecule has 2 aromatic heterocycles. The Balaban J connectivity index is 1.70. The number of carbonyl (C=O) groups is 2. The van der Waals surface area contributed by atoms with Crippen molar-refractivity contribution in [2.24, 2.45) is 0 Å². The highest BCUT2D eigenvalue weighted by Gasteiger charge is 2.17. The Hall–Kier alpha value is -3.13. The summed E-state index contributed by atoms with van der Waals surface area (Å²) in [4.78, 5) is 28.9. The van der Waals surface area contributed by atoms with E-state index in [1.54, 1.807) is 20.1 Å². The summed E-state index contributed by atoms with van der Waals surface area (Å²) in [5.41, 5.74) is 6.13. The number of aryl methyl sites for hydroxylation is 1. The van der Waals surface area contributed by atoms with Crippen LogP contribution in [0.4, 0.5) is 0 Å². The van der Waals surface area contributed by atoms with E-state index >= 15 is 0 Å². The van der Waals surface area contributed by atoms with Crippen LogP contribution in [0.3, 0.4) is 0 Å². The van der Waals surface area contributed by atoms with Gasteiger partial charge in [0.05, 0.1) is 19.1 Å². The third kappa shape index (κ3) is 3.69. The lowest BCUT2D eigenvalue weighted by Gasteiger charge is -2.04. The van der Waals surface area contributed by atoms with Gasteiger partial charge < -0.3 is 9.15 Å². The van der Waals surface area contributed by atoms with Crippen molar-refractivity contribution < 1.29 is 18.7 Å². The molecule has 2 amide bonds. The summed E-state index contributed by atoms with van der Waals surface area (Å²) in [5, 5.41) is 0.711. The van der Waals surface area contributed by atoms with Crippen molar-refractivity contribution in [3.05, 3.63) is 59.0 Å². The van der Waals surface area contributed by atoms with E-state index in [4.69, 9.17) is 9.15 Å². The smallest absolute Gasteiger partial charge is 0.305 e. The number of rotatable bonds is 4. The SMILES string of the molecule is COc1ccc(-c2nc(C)c(C(=O)NNC(=O)c3ccco3)s2)cc1. The maximum Gasteiger partial charge on any atom is 0.305 e. The first-order valence-electron chi connectivity index (χ1n) is 7.34. The number of methoxy groups -OCH3 is 1. The summed E-state index contributed by atoms with van der Waals surface area (Å²) >= 11 is 1.24. The predicted octanol–water partition coefficient (Wildman–Crippen LogP) is 2.79. The fourth-order valence-electron chi connectivity index (χ4n) is 2.10. The number of hydrogen-bond donors (Lipinski definition) is 2. The first-order chi connectivity index (χ1) is 12.1. The maximum atomic E-state index is 12.3. The van der Waals surface area contributed by atoms with Crippen molar-refractivity contribution in [1.82, 2.24) is 15.8 Å². The van der Waals surface area contributed by atoms with Gasteiger partial charge in [-0.3, -0.25) is 20.4 Å². The van der Waals surface area contributed by atoms with Gasteiger partial charge in [-0.2, -0.15) is 0 Å². The zero-order chi connectivity index (χ0) is 17.8. The van der Waals surface area contributed by atoms with Crippen molar-refractivity contribution in [3.63, 3.8) is 0 Å². The fraction of sp³-hybridized carbons (Fsp3) is 0.118. The van der Waals surface area contributed by atoms with E-state index in [0.717, 1.165) is 11.3 Å². The average molecular weight is 357 g/mol. The number of aromatic nitrogens is 1. The van der Waals surface area contributed by atoms with E-state index in [2.05, 4.69) is 15.8 Å². The average Bonchev–Trinajstić information content (AvgIpc) is 3.29. The fourth-order valence-corrected chi connectivity index (χ4v) is 3.07. The second-order valence-electron chi connectivity index (χ2n) is 5.05. The molecule has 0 aliphatic rings. The number of furan rings is 1. The molecule has 3 rings (SSSR count). The molecule has 0 fully saturated rings. The molecule has 0 unspecified atom stereocenters. The van der Waals surface area contributed by atoms with Crippen LogP contribution < -0.4 is 15.6 Å². The van der Waals surface area contributed by atoms with Crippen molar-refractivity contribution in [3.8, 4) is 16.3 Å². The third-order valence-corrected chi connectivity index (χ3v) is 4.58. The molecule has 128 valence electrons. The van der Waals surface area contributed by atoms with Gasteiger partial charge in [-0.25, -0.2) is 4.98 Å². The zero-order valence-corrected chi connectivity index (χ0v) is 14.3. The minimum Gasteiger partial charge on any atom is -0.497 e. The topological polar surface area (TPSA) is 93.5 Å². The van der Waals surface area contributed by atoms with Crippen molar-refractivity contribution in [1.29, 1.82) is 0 Å². The summed E-state index contributed by atoms with van der Waals surface area (Å²) in [5.74, 6) is -0.110. The van der Waals surface area contributed by atoms with Gasteiger partial charge in [0.15, 0.2) is 5.76 Å². The van der Waals surface area contributed by atoms with E-state index in [1.807, 2.05) is 24.3 Å². The van der Waals surface area contributed by atoms with Crippen LogP contribution in [0, 0.1) is 6.92 Å². The summed E-state index contributed by atoms with van der Waals surface area (Å²) in [7, 11) is 1.60. The van der Waals surface area contributed by atoms with E-state index in [9.17, 15) is 9.59 Å². The molecule has 8 heteroatoms. The Bertz CT molecular complexity index is 885. The Morgan fingerprint density at radius 2 is 1.84 bits per heavy atom. The summed E-state index contributed by atoms with van der Waals surface area (Å²) in [6, 6.07) is 10.5. The quantitative estimate of drug-likeness (QED) is 0.700. The summed E-state index contributed by atoms with van der Waals surface area (Å²) in [6.45, 7) is 1.74. The Morgan fingerprint density at radius 3 is 2.48 bits per heavy atom. The van der Waals surface area contributed by atoms with Gasteiger partial charge in [0.1, 0.15) is 15.6 Å². The van der Waals surface area contributed by atoms with Crippen molar-refractivity contribution >= 4 is 23.2 Å². The van der Waals surface area contributed by atoms with Crippen LogP contribution in [0.15, 0.2) is 47.1 Å². The van der Waals surface area contributed by atoms with Crippen LogP contribution in [-0.2, 0) is 0 Å². The molecule has 0 spiro atoms. The Labute approximate surface area is 147 Å². The number of amides is 2. The van der Waals surface area contributed by atoms with E-state index in [0.29, 0.717) is 15.6 Å². The highest BCUT2D eigenvalue weighted by molar-refractivity contribution is 7.17. The molecule has 0 bridgehead atoms. The number of nitrogens with zero attached hydrogens (tertiary/aromatic N) is 1. The van der Waals surface area contributed by atoms with Gasteiger partial charge in [-0.05, 0) is 43.3 Å². The maximum absolute atomic E-state index is 12.3. The highest BCUT2D eigenvalue weighted by atomic mass is 32.1. The van der Waals surface area contributed by atoms with Crippen LogP contribution in [0.25, 0.3) is 10.6 Å². The molecule has 0 aliphatic heterocycles. The van der Waals surface area contributed by atoms with Gasteiger partial charge in [-0.15, -0.1) is 11.3 Å². The molecule has 1 aromatic carbocycles. The molecule has 3 aromatic rings. The second kappa shape index (κ2) is 7.18. The molecule has 7 nitrogen and oxygen atoms in total. The van der Waals surface area contributed by atoms with Crippen LogP contribution in [0.5, 0.6) is 5.75 Å². The Morgan fingerprint density at radius 1 is 1.12 bits per heavy atom. The molecule has 2 heterocycles.